The lowest BCUT2D eigenvalue weighted by atomic mass is 10.1. The molecule has 0 bridgehead atoms. The molecule has 16 heavy (non-hydrogen) atoms. The number of hydrogen-bond acceptors (Lipinski definition) is 2. The van der Waals surface area contributed by atoms with E-state index in [9.17, 15) is 9.59 Å². The largest absolute Gasteiger partial charge is 0.274 e. The van der Waals surface area contributed by atoms with Crippen molar-refractivity contribution in [1.29, 1.82) is 0 Å². The van der Waals surface area contributed by atoms with Crippen LogP contribution in [0.25, 0.3) is 0 Å². The van der Waals surface area contributed by atoms with Crippen molar-refractivity contribution in [3.63, 3.8) is 0 Å². The molecule has 0 aliphatic carbocycles. The summed E-state index contributed by atoms with van der Waals surface area (Å²) in [6, 6.07) is 8.89. The Hall–Kier alpha value is -1.90. The molecule has 82 valence electrons. The number of benzene rings is 1. The molecule has 3 heteroatoms. The minimum absolute atomic E-state index is 0.180. The summed E-state index contributed by atoms with van der Waals surface area (Å²) < 4.78 is 0. The molecule has 0 saturated carbocycles. The first-order valence-electron chi connectivity index (χ1n) is 5.28. The number of carbonyl (C=O) groups excluding carboxylic acids is 2. The van der Waals surface area contributed by atoms with Crippen molar-refractivity contribution in [2.45, 2.75) is 13.3 Å². The minimum atomic E-state index is -0.210. The van der Waals surface area contributed by atoms with Gasteiger partial charge in [0.2, 0.25) is 0 Å². The Morgan fingerprint density at radius 3 is 2.62 bits per heavy atom. The van der Waals surface area contributed by atoms with Crippen LogP contribution in [0, 0.1) is 0 Å². The fourth-order valence-corrected chi connectivity index (χ4v) is 1.74. The monoisotopic (exact) mass is 215 g/mol. The third-order valence-electron chi connectivity index (χ3n) is 2.65. The van der Waals surface area contributed by atoms with Crippen molar-refractivity contribution in [3.8, 4) is 0 Å². The normalized spacial score (nSPS) is 15.9. The second-order valence-electron chi connectivity index (χ2n) is 3.80. The Balaban J connectivity index is 2.24. The van der Waals surface area contributed by atoms with E-state index in [0.717, 1.165) is 6.42 Å². The summed E-state index contributed by atoms with van der Waals surface area (Å²) in [6.07, 6.45) is 2.62. The van der Waals surface area contributed by atoms with E-state index >= 15 is 0 Å². The average Bonchev–Trinajstić information content (AvgIpc) is 2.33. The highest BCUT2D eigenvalue weighted by Gasteiger charge is 2.25. The van der Waals surface area contributed by atoms with E-state index in [2.05, 4.69) is 0 Å². The molecule has 0 N–H and O–H groups in total. The van der Waals surface area contributed by atoms with Crippen LogP contribution >= 0.6 is 0 Å². The smallest absolute Gasteiger partial charge is 0.260 e. The zero-order chi connectivity index (χ0) is 11.5. The Morgan fingerprint density at radius 1 is 1.25 bits per heavy atom. The summed E-state index contributed by atoms with van der Waals surface area (Å²) >= 11 is 0. The molecule has 0 fully saturated rings. The van der Waals surface area contributed by atoms with Gasteiger partial charge in [-0.3, -0.25) is 14.5 Å². The Morgan fingerprint density at radius 2 is 1.94 bits per heavy atom. The minimum Gasteiger partial charge on any atom is -0.274 e. The Labute approximate surface area is 94.4 Å². The standard InChI is InChI=1S/C13H13NO2/c1-10-6-5-9-14(12(10)15)13(16)11-7-3-2-4-8-11/h2-4,6-8H,5,9H2,1H3. The van der Waals surface area contributed by atoms with E-state index in [4.69, 9.17) is 0 Å². The van der Waals surface area contributed by atoms with Crippen LogP contribution in [-0.2, 0) is 4.79 Å². The number of carbonyl (C=O) groups is 2. The molecular formula is C13H13NO2. The summed E-state index contributed by atoms with van der Waals surface area (Å²) in [7, 11) is 0. The van der Waals surface area contributed by atoms with Crippen LogP contribution in [0.4, 0.5) is 0 Å². The third kappa shape index (κ3) is 1.89. The maximum atomic E-state index is 12.0. The van der Waals surface area contributed by atoms with Crippen LogP contribution < -0.4 is 0 Å². The quantitative estimate of drug-likeness (QED) is 0.672. The molecule has 0 unspecified atom stereocenters. The molecule has 1 aliphatic heterocycles. The topological polar surface area (TPSA) is 37.4 Å². The second-order valence-corrected chi connectivity index (χ2v) is 3.80. The fraction of sp³-hybridized carbons (Fsp3) is 0.231. The average molecular weight is 215 g/mol. The molecule has 0 atom stereocenters. The van der Waals surface area contributed by atoms with Crippen LogP contribution in [0.2, 0.25) is 0 Å². The summed E-state index contributed by atoms with van der Waals surface area (Å²) in [4.78, 5) is 25.1. The predicted molar refractivity (Wildman–Crippen MR) is 60.9 cm³/mol. The first kappa shape index (κ1) is 10.6. The van der Waals surface area contributed by atoms with Gasteiger partial charge in [0, 0.05) is 17.7 Å². The molecule has 2 amide bonds. The maximum Gasteiger partial charge on any atom is 0.260 e. The molecule has 0 saturated heterocycles. The lowest BCUT2D eigenvalue weighted by Crippen LogP contribution is -2.40. The molecule has 0 spiro atoms. The Kier molecular flexibility index (Phi) is 2.86. The molecule has 0 aromatic heterocycles. The fourth-order valence-electron chi connectivity index (χ4n) is 1.74. The SMILES string of the molecule is CC1=CCCN(C(=O)c2ccccc2)C1=O. The van der Waals surface area contributed by atoms with Gasteiger partial charge in [-0.05, 0) is 25.5 Å². The van der Waals surface area contributed by atoms with Crippen LogP contribution in [0.5, 0.6) is 0 Å². The zero-order valence-electron chi connectivity index (χ0n) is 9.14. The predicted octanol–water partition coefficient (Wildman–Crippen LogP) is 2.01. The van der Waals surface area contributed by atoms with Gasteiger partial charge in [0.15, 0.2) is 0 Å². The summed E-state index contributed by atoms with van der Waals surface area (Å²) in [6.45, 7) is 2.22. The number of rotatable bonds is 1. The van der Waals surface area contributed by atoms with Crippen molar-refractivity contribution >= 4 is 11.8 Å². The van der Waals surface area contributed by atoms with Crippen molar-refractivity contribution in [2.75, 3.05) is 6.54 Å². The zero-order valence-corrected chi connectivity index (χ0v) is 9.14. The molecule has 1 aromatic rings. The second kappa shape index (κ2) is 4.31. The van der Waals surface area contributed by atoms with E-state index in [1.165, 1.54) is 4.90 Å². The van der Waals surface area contributed by atoms with Crippen molar-refractivity contribution in [2.24, 2.45) is 0 Å². The van der Waals surface area contributed by atoms with Gasteiger partial charge in [0.25, 0.3) is 11.8 Å². The van der Waals surface area contributed by atoms with Crippen LogP contribution in [0.3, 0.4) is 0 Å². The number of nitrogens with zero attached hydrogens (tertiary/aromatic N) is 1. The highest BCUT2D eigenvalue weighted by atomic mass is 16.2. The van der Waals surface area contributed by atoms with Crippen molar-refractivity contribution in [1.82, 2.24) is 4.90 Å². The summed E-state index contributed by atoms with van der Waals surface area (Å²) in [5.41, 5.74) is 1.21. The van der Waals surface area contributed by atoms with E-state index in [0.29, 0.717) is 17.7 Å². The van der Waals surface area contributed by atoms with Crippen LogP contribution in [0.1, 0.15) is 23.7 Å². The highest BCUT2D eigenvalue weighted by molar-refractivity contribution is 6.10. The molecule has 1 aliphatic rings. The molecular weight excluding hydrogens is 202 g/mol. The number of imide groups is 1. The number of amides is 2. The van der Waals surface area contributed by atoms with Gasteiger partial charge in [0.05, 0.1) is 0 Å². The van der Waals surface area contributed by atoms with Crippen molar-refractivity contribution < 1.29 is 9.59 Å². The summed E-state index contributed by atoms with van der Waals surface area (Å²) in [5, 5.41) is 0. The van der Waals surface area contributed by atoms with Gasteiger partial charge in [-0.2, -0.15) is 0 Å². The van der Waals surface area contributed by atoms with Gasteiger partial charge in [-0.1, -0.05) is 24.3 Å². The molecule has 3 nitrogen and oxygen atoms in total. The van der Waals surface area contributed by atoms with Crippen LogP contribution in [-0.4, -0.2) is 23.3 Å². The first-order chi connectivity index (χ1) is 7.70. The van der Waals surface area contributed by atoms with E-state index < -0.39 is 0 Å². The lowest BCUT2D eigenvalue weighted by Gasteiger charge is -2.24. The van der Waals surface area contributed by atoms with Gasteiger partial charge in [0.1, 0.15) is 0 Å². The van der Waals surface area contributed by atoms with Gasteiger partial charge in [-0.25, -0.2) is 0 Å². The van der Waals surface area contributed by atoms with Crippen molar-refractivity contribution in [3.05, 3.63) is 47.5 Å². The van der Waals surface area contributed by atoms with Crippen LogP contribution in [0.15, 0.2) is 42.0 Å². The molecule has 0 radical (unpaired) electrons. The maximum absolute atomic E-state index is 12.0. The van der Waals surface area contributed by atoms with Gasteiger partial charge in [-0.15, -0.1) is 0 Å². The molecule has 1 aromatic carbocycles. The van der Waals surface area contributed by atoms with Gasteiger partial charge >= 0.3 is 0 Å². The Bertz CT molecular complexity index is 448. The third-order valence-corrected chi connectivity index (χ3v) is 2.65. The summed E-state index contributed by atoms with van der Waals surface area (Å²) in [5.74, 6) is -0.391. The molecule has 2 rings (SSSR count). The van der Waals surface area contributed by atoms with Gasteiger partial charge < -0.3 is 0 Å². The lowest BCUT2D eigenvalue weighted by molar-refractivity contribution is -0.125. The van der Waals surface area contributed by atoms with E-state index in [1.807, 2.05) is 12.1 Å². The highest BCUT2D eigenvalue weighted by Crippen LogP contribution is 2.14. The molecule has 1 heterocycles. The van der Waals surface area contributed by atoms with E-state index in [1.54, 1.807) is 31.2 Å². The van der Waals surface area contributed by atoms with E-state index in [-0.39, 0.29) is 11.8 Å². The number of hydrogen-bond donors (Lipinski definition) is 0. The first-order valence-corrected chi connectivity index (χ1v) is 5.28.